The zero-order valence-corrected chi connectivity index (χ0v) is 18.6. The molecular weight excluding hydrogens is 470 g/mol. The Hall–Kier alpha value is -3.80. The summed E-state index contributed by atoms with van der Waals surface area (Å²) in [7, 11) is -3.82. The zero-order valence-electron chi connectivity index (χ0n) is 17.0. The lowest BCUT2D eigenvalue weighted by atomic mass is 10.1. The van der Waals surface area contributed by atoms with Crippen molar-refractivity contribution in [2.45, 2.75) is 11.8 Å². The van der Waals surface area contributed by atoms with E-state index in [0.717, 1.165) is 5.01 Å². The molecule has 4 rings (SSSR count). The number of hydrazone groups is 1. The molecule has 33 heavy (non-hydrogen) atoms. The maximum Gasteiger partial charge on any atom is 0.295 e. The van der Waals surface area contributed by atoms with Crippen LogP contribution in [0, 0.1) is 10.1 Å². The van der Waals surface area contributed by atoms with Crippen LogP contribution in [0.15, 0.2) is 76.4 Å². The summed E-state index contributed by atoms with van der Waals surface area (Å²) in [6, 6.07) is 13.3. The third-order valence-corrected chi connectivity index (χ3v) is 6.11. The maximum atomic E-state index is 13.1. The Balaban J connectivity index is 1.71. The summed E-state index contributed by atoms with van der Waals surface area (Å²) in [6.07, 6.45) is 3.34. The standard InChI is InChI=1S/C21H16ClN5O5S/c1-13-18(21(28)26(24-13)20-11-14(22)4-9-19(20)27(29)30)12-16-3-2-10-25(16)15-5-7-17(8-6-15)33(23,31)32/h2-12H,1H3,(H2,23,31,32)/b18-12-. The van der Waals surface area contributed by atoms with Crippen molar-refractivity contribution in [3.63, 3.8) is 0 Å². The van der Waals surface area contributed by atoms with Gasteiger partial charge in [0.15, 0.2) is 0 Å². The number of nitro groups is 1. The van der Waals surface area contributed by atoms with E-state index in [4.69, 9.17) is 16.7 Å². The fourth-order valence-corrected chi connectivity index (χ4v) is 4.04. The van der Waals surface area contributed by atoms with Gasteiger partial charge in [-0.15, -0.1) is 0 Å². The lowest BCUT2D eigenvalue weighted by molar-refractivity contribution is -0.384. The Morgan fingerprint density at radius 1 is 1.15 bits per heavy atom. The predicted octanol–water partition coefficient (Wildman–Crippen LogP) is 3.49. The van der Waals surface area contributed by atoms with Crippen LogP contribution < -0.4 is 10.1 Å². The largest absolute Gasteiger partial charge is 0.317 e. The van der Waals surface area contributed by atoms with E-state index < -0.39 is 20.9 Å². The van der Waals surface area contributed by atoms with Crippen LogP contribution in [0.4, 0.5) is 11.4 Å². The first-order valence-electron chi connectivity index (χ1n) is 9.42. The van der Waals surface area contributed by atoms with E-state index in [-0.39, 0.29) is 26.9 Å². The molecule has 0 unspecified atom stereocenters. The van der Waals surface area contributed by atoms with Crippen molar-refractivity contribution in [3.05, 3.63) is 87.2 Å². The van der Waals surface area contributed by atoms with E-state index >= 15 is 0 Å². The first-order chi connectivity index (χ1) is 15.6. The summed E-state index contributed by atoms with van der Waals surface area (Å²) in [5, 5.41) is 22.0. The van der Waals surface area contributed by atoms with Crippen LogP contribution in [-0.2, 0) is 14.8 Å². The minimum absolute atomic E-state index is 0.0222. The molecule has 1 aliphatic heterocycles. The lowest BCUT2D eigenvalue weighted by Crippen LogP contribution is -2.22. The molecule has 0 bridgehead atoms. The van der Waals surface area contributed by atoms with Gasteiger partial charge in [-0.3, -0.25) is 14.9 Å². The van der Waals surface area contributed by atoms with Gasteiger partial charge in [0, 0.05) is 28.7 Å². The highest BCUT2D eigenvalue weighted by Crippen LogP contribution is 2.35. The van der Waals surface area contributed by atoms with Crippen LogP contribution in [0.5, 0.6) is 0 Å². The number of nitrogens with zero attached hydrogens (tertiary/aromatic N) is 4. The summed E-state index contributed by atoms with van der Waals surface area (Å²) in [5.74, 6) is -0.546. The van der Waals surface area contributed by atoms with Gasteiger partial charge in [0.25, 0.3) is 11.6 Å². The number of carbonyl (C=O) groups excluding carboxylic acids is 1. The second-order valence-corrected chi connectivity index (χ2v) is 9.09. The third-order valence-electron chi connectivity index (χ3n) is 4.94. The molecule has 3 aromatic rings. The summed E-state index contributed by atoms with van der Waals surface area (Å²) in [6.45, 7) is 1.62. The molecule has 0 saturated heterocycles. The van der Waals surface area contributed by atoms with Gasteiger partial charge in [-0.25, -0.2) is 13.6 Å². The Morgan fingerprint density at radius 2 is 1.85 bits per heavy atom. The highest BCUT2D eigenvalue weighted by atomic mass is 35.5. The van der Waals surface area contributed by atoms with Gasteiger partial charge in [0.1, 0.15) is 5.69 Å². The number of nitrogens with two attached hydrogens (primary N) is 1. The molecule has 10 nitrogen and oxygen atoms in total. The van der Waals surface area contributed by atoms with Crippen molar-refractivity contribution in [1.82, 2.24) is 4.57 Å². The van der Waals surface area contributed by atoms with Crippen molar-refractivity contribution in [2.24, 2.45) is 10.2 Å². The van der Waals surface area contributed by atoms with E-state index in [1.165, 1.54) is 30.3 Å². The number of benzene rings is 2. The van der Waals surface area contributed by atoms with Gasteiger partial charge in [0.2, 0.25) is 10.0 Å². The van der Waals surface area contributed by atoms with Gasteiger partial charge in [-0.05, 0) is 61.5 Å². The summed E-state index contributed by atoms with van der Waals surface area (Å²) >= 11 is 5.99. The highest BCUT2D eigenvalue weighted by Gasteiger charge is 2.33. The third kappa shape index (κ3) is 4.29. The quantitative estimate of drug-likeness (QED) is 0.334. The van der Waals surface area contributed by atoms with E-state index in [0.29, 0.717) is 17.1 Å². The number of carbonyl (C=O) groups is 1. The average Bonchev–Trinajstić information content (AvgIpc) is 3.33. The molecule has 0 radical (unpaired) electrons. The lowest BCUT2D eigenvalue weighted by Gasteiger charge is -2.12. The number of hydrogen-bond donors (Lipinski definition) is 1. The molecule has 2 aromatic carbocycles. The van der Waals surface area contributed by atoms with Gasteiger partial charge >= 0.3 is 0 Å². The zero-order chi connectivity index (χ0) is 23.9. The van der Waals surface area contributed by atoms with Crippen LogP contribution in [0.2, 0.25) is 5.02 Å². The van der Waals surface area contributed by atoms with Gasteiger partial charge in [-0.2, -0.15) is 10.1 Å². The Bertz CT molecular complexity index is 1460. The monoisotopic (exact) mass is 485 g/mol. The van der Waals surface area contributed by atoms with Crippen molar-refractivity contribution in [3.8, 4) is 5.69 Å². The van der Waals surface area contributed by atoms with Crippen molar-refractivity contribution in [1.29, 1.82) is 0 Å². The fraction of sp³-hybridized carbons (Fsp3) is 0.0476. The van der Waals surface area contributed by atoms with Crippen LogP contribution in [0.25, 0.3) is 11.8 Å². The van der Waals surface area contributed by atoms with Crippen molar-refractivity contribution >= 4 is 50.7 Å². The predicted molar refractivity (Wildman–Crippen MR) is 124 cm³/mol. The molecule has 0 saturated carbocycles. The molecule has 12 heteroatoms. The van der Waals surface area contributed by atoms with Gasteiger partial charge in [0.05, 0.1) is 21.1 Å². The highest BCUT2D eigenvalue weighted by molar-refractivity contribution is 7.89. The van der Waals surface area contributed by atoms with Crippen LogP contribution in [0.3, 0.4) is 0 Å². The number of nitro benzene ring substituents is 1. The number of halogens is 1. The molecule has 0 fully saturated rings. The van der Waals surface area contributed by atoms with E-state index in [1.54, 1.807) is 48.0 Å². The van der Waals surface area contributed by atoms with Gasteiger partial charge < -0.3 is 4.57 Å². The first-order valence-corrected chi connectivity index (χ1v) is 11.3. The number of rotatable bonds is 5. The van der Waals surface area contributed by atoms with Crippen LogP contribution in [-0.4, -0.2) is 29.5 Å². The van der Waals surface area contributed by atoms with Gasteiger partial charge in [-0.1, -0.05) is 11.6 Å². The number of sulfonamides is 1. The fourth-order valence-electron chi connectivity index (χ4n) is 3.36. The van der Waals surface area contributed by atoms with Crippen molar-refractivity contribution < 1.29 is 18.1 Å². The first kappa shape index (κ1) is 22.4. The number of aromatic nitrogens is 1. The number of primary sulfonamides is 1. The molecule has 2 N–H and O–H groups in total. The topological polar surface area (TPSA) is 141 Å². The molecule has 0 spiro atoms. The molecule has 1 amide bonds. The van der Waals surface area contributed by atoms with E-state index in [1.807, 2.05) is 0 Å². The normalized spacial score (nSPS) is 15.2. The molecule has 2 heterocycles. The maximum absolute atomic E-state index is 13.1. The van der Waals surface area contributed by atoms with Crippen LogP contribution >= 0.6 is 11.6 Å². The van der Waals surface area contributed by atoms with E-state index in [9.17, 15) is 23.3 Å². The Morgan fingerprint density at radius 3 is 2.48 bits per heavy atom. The summed E-state index contributed by atoms with van der Waals surface area (Å²) in [5.41, 5.74) is 1.52. The smallest absolute Gasteiger partial charge is 0.295 e. The summed E-state index contributed by atoms with van der Waals surface area (Å²) in [4.78, 5) is 23.9. The number of amides is 1. The average molecular weight is 486 g/mol. The van der Waals surface area contributed by atoms with Crippen LogP contribution in [0.1, 0.15) is 12.6 Å². The second kappa shape index (κ2) is 8.28. The van der Waals surface area contributed by atoms with Crippen molar-refractivity contribution in [2.75, 3.05) is 5.01 Å². The Labute approximate surface area is 193 Å². The minimum atomic E-state index is -3.82. The number of anilines is 1. The SMILES string of the molecule is CC1=NN(c2cc(Cl)ccc2[N+](=O)[O-])C(=O)/C1=C\c1cccn1-c1ccc(S(N)(=O)=O)cc1. The molecule has 1 aliphatic rings. The summed E-state index contributed by atoms with van der Waals surface area (Å²) < 4.78 is 24.7. The number of hydrogen-bond acceptors (Lipinski definition) is 6. The second-order valence-electron chi connectivity index (χ2n) is 7.09. The molecule has 0 atom stereocenters. The molecular formula is C21H16ClN5O5S. The molecule has 0 aliphatic carbocycles. The minimum Gasteiger partial charge on any atom is -0.317 e. The molecule has 168 valence electrons. The Kier molecular flexibility index (Phi) is 5.62. The molecule has 1 aromatic heterocycles. The van der Waals surface area contributed by atoms with E-state index in [2.05, 4.69) is 5.10 Å².